The molecule has 1 N–H and O–H groups in total. The highest BCUT2D eigenvalue weighted by Gasteiger charge is 2.07. The molecule has 1 atom stereocenters. The summed E-state index contributed by atoms with van der Waals surface area (Å²) in [6.07, 6.45) is 2.93. The van der Waals surface area contributed by atoms with Gasteiger partial charge in [0, 0.05) is 7.05 Å². The SMILES string of the molecule is C[C@@H](O)c1ccc(OCc2cncn2C)c(Cl)c1. The minimum Gasteiger partial charge on any atom is -0.486 e. The van der Waals surface area contributed by atoms with Gasteiger partial charge in [-0.3, -0.25) is 0 Å². The van der Waals surface area contributed by atoms with E-state index >= 15 is 0 Å². The highest BCUT2D eigenvalue weighted by Crippen LogP contribution is 2.28. The summed E-state index contributed by atoms with van der Waals surface area (Å²) in [5.41, 5.74) is 1.73. The average molecular weight is 267 g/mol. The molecule has 0 aliphatic rings. The summed E-state index contributed by atoms with van der Waals surface area (Å²) in [6, 6.07) is 5.28. The number of aliphatic hydroxyl groups is 1. The molecule has 2 rings (SSSR count). The maximum absolute atomic E-state index is 9.44. The Morgan fingerprint density at radius 2 is 2.28 bits per heavy atom. The number of hydrogen-bond acceptors (Lipinski definition) is 3. The molecule has 2 aromatic rings. The van der Waals surface area contributed by atoms with Gasteiger partial charge in [-0.25, -0.2) is 4.98 Å². The monoisotopic (exact) mass is 266 g/mol. The molecule has 4 nitrogen and oxygen atoms in total. The van der Waals surface area contributed by atoms with Crippen LogP contribution < -0.4 is 4.74 Å². The summed E-state index contributed by atoms with van der Waals surface area (Å²) in [7, 11) is 1.91. The van der Waals surface area contributed by atoms with Crippen LogP contribution in [0.4, 0.5) is 0 Å². The number of aryl methyl sites for hydroxylation is 1. The number of imidazole rings is 1. The lowest BCUT2D eigenvalue weighted by molar-refractivity contribution is 0.199. The Hall–Kier alpha value is -1.52. The molecule has 0 aliphatic carbocycles. The Morgan fingerprint density at radius 1 is 1.50 bits per heavy atom. The largest absolute Gasteiger partial charge is 0.486 e. The van der Waals surface area contributed by atoms with Gasteiger partial charge in [-0.1, -0.05) is 17.7 Å². The molecule has 1 aromatic carbocycles. The molecule has 18 heavy (non-hydrogen) atoms. The molecule has 1 aromatic heterocycles. The van der Waals surface area contributed by atoms with Crippen LogP contribution in [0.1, 0.15) is 24.3 Å². The number of ether oxygens (including phenoxy) is 1. The van der Waals surface area contributed by atoms with Crippen molar-refractivity contribution in [2.24, 2.45) is 7.05 Å². The molecular weight excluding hydrogens is 252 g/mol. The minimum atomic E-state index is -0.534. The number of hydrogen-bond donors (Lipinski definition) is 1. The van der Waals surface area contributed by atoms with E-state index in [4.69, 9.17) is 16.3 Å². The molecule has 0 spiro atoms. The molecule has 0 amide bonds. The highest BCUT2D eigenvalue weighted by atomic mass is 35.5. The van der Waals surface area contributed by atoms with Gasteiger partial charge < -0.3 is 14.4 Å². The third-order valence-corrected chi connectivity index (χ3v) is 3.03. The van der Waals surface area contributed by atoms with Crippen molar-refractivity contribution in [1.82, 2.24) is 9.55 Å². The molecule has 0 saturated heterocycles. The fraction of sp³-hybridized carbons (Fsp3) is 0.308. The third kappa shape index (κ3) is 2.83. The predicted molar refractivity (Wildman–Crippen MR) is 69.6 cm³/mol. The van der Waals surface area contributed by atoms with Gasteiger partial charge in [0.2, 0.25) is 0 Å². The Labute approximate surface area is 111 Å². The predicted octanol–water partition coefficient (Wildman–Crippen LogP) is 2.71. The first-order valence-electron chi connectivity index (χ1n) is 5.63. The summed E-state index contributed by atoms with van der Waals surface area (Å²) >= 11 is 6.09. The average Bonchev–Trinajstić information content (AvgIpc) is 2.73. The van der Waals surface area contributed by atoms with E-state index in [1.165, 1.54) is 0 Å². The number of nitrogens with zero attached hydrogens (tertiary/aromatic N) is 2. The molecular formula is C13H15ClN2O2. The van der Waals surface area contributed by atoms with E-state index in [0.29, 0.717) is 17.4 Å². The highest BCUT2D eigenvalue weighted by molar-refractivity contribution is 6.32. The van der Waals surface area contributed by atoms with Gasteiger partial charge in [-0.15, -0.1) is 0 Å². The second-order valence-corrected chi connectivity index (χ2v) is 4.56. The Bertz CT molecular complexity index is 538. The maximum Gasteiger partial charge on any atom is 0.138 e. The summed E-state index contributed by atoms with van der Waals surface area (Å²) in [5, 5.41) is 9.94. The normalized spacial score (nSPS) is 12.4. The van der Waals surface area contributed by atoms with Crippen LogP contribution in [0.25, 0.3) is 0 Å². The molecule has 0 fully saturated rings. The fourth-order valence-corrected chi connectivity index (χ4v) is 1.81. The van der Waals surface area contributed by atoms with E-state index in [9.17, 15) is 5.11 Å². The van der Waals surface area contributed by atoms with Crippen molar-refractivity contribution >= 4 is 11.6 Å². The van der Waals surface area contributed by atoms with Gasteiger partial charge in [-0.05, 0) is 24.6 Å². The molecule has 0 unspecified atom stereocenters. The van der Waals surface area contributed by atoms with E-state index < -0.39 is 6.10 Å². The number of aliphatic hydroxyl groups excluding tert-OH is 1. The lowest BCUT2D eigenvalue weighted by atomic mass is 10.1. The number of rotatable bonds is 4. The van der Waals surface area contributed by atoms with Crippen LogP contribution in [0, 0.1) is 0 Å². The molecule has 5 heteroatoms. The minimum absolute atomic E-state index is 0.407. The quantitative estimate of drug-likeness (QED) is 0.926. The Morgan fingerprint density at radius 3 is 2.83 bits per heavy atom. The van der Waals surface area contributed by atoms with Crippen molar-refractivity contribution in [3.63, 3.8) is 0 Å². The zero-order chi connectivity index (χ0) is 13.1. The second-order valence-electron chi connectivity index (χ2n) is 4.15. The standard InChI is InChI=1S/C13H15ClN2O2/c1-9(17)10-3-4-13(12(14)5-10)18-7-11-6-15-8-16(11)2/h3-6,8-9,17H,7H2,1-2H3/t9-/m1/s1. The van der Waals surface area contributed by atoms with Crippen LogP contribution in [0.3, 0.4) is 0 Å². The van der Waals surface area contributed by atoms with Crippen molar-refractivity contribution in [3.05, 3.63) is 47.0 Å². The molecule has 96 valence electrons. The topological polar surface area (TPSA) is 47.3 Å². The number of halogens is 1. The molecule has 0 aliphatic heterocycles. The van der Waals surface area contributed by atoms with Crippen LogP contribution >= 0.6 is 11.6 Å². The van der Waals surface area contributed by atoms with E-state index in [-0.39, 0.29) is 0 Å². The van der Waals surface area contributed by atoms with Crippen molar-refractivity contribution in [2.75, 3.05) is 0 Å². The van der Waals surface area contributed by atoms with Crippen LogP contribution in [-0.2, 0) is 13.7 Å². The first-order chi connectivity index (χ1) is 8.58. The van der Waals surface area contributed by atoms with Crippen molar-refractivity contribution in [2.45, 2.75) is 19.6 Å². The van der Waals surface area contributed by atoms with E-state index in [0.717, 1.165) is 11.3 Å². The fourth-order valence-electron chi connectivity index (χ4n) is 1.57. The summed E-state index contributed by atoms with van der Waals surface area (Å²) in [4.78, 5) is 4.01. The summed E-state index contributed by atoms with van der Waals surface area (Å²) < 4.78 is 7.51. The van der Waals surface area contributed by atoms with E-state index in [1.807, 2.05) is 11.6 Å². The lowest BCUT2D eigenvalue weighted by Gasteiger charge is -2.11. The van der Waals surface area contributed by atoms with Crippen molar-refractivity contribution in [1.29, 1.82) is 0 Å². The molecule has 0 bridgehead atoms. The molecule has 0 radical (unpaired) electrons. The smallest absolute Gasteiger partial charge is 0.138 e. The molecule has 0 saturated carbocycles. The van der Waals surface area contributed by atoms with Gasteiger partial charge >= 0.3 is 0 Å². The van der Waals surface area contributed by atoms with Gasteiger partial charge in [-0.2, -0.15) is 0 Å². The zero-order valence-corrected chi connectivity index (χ0v) is 11.1. The zero-order valence-electron chi connectivity index (χ0n) is 10.3. The number of benzene rings is 1. The molecule has 1 heterocycles. The Kier molecular flexibility index (Phi) is 3.89. The van der Waals surface area contributed by atoms with E-state index in [2.05, 4.69) is 4.98 Å². The lowest BCUT2D eigenvalue weighted by Crippen LogP contribution is -2.01. The van der Waals surface area contributed by atoms with Gasteiger partial charge in [0.15, 0.2) is 0 Å². The van der Waals surface area contributed by atoms with Gasteiger partial charge in [0.05, 0.1) is 29.3 Å². The second kappa shape index (κ2) is 5.42. The van der Waals surface area contributed by atoms with Crippen LogP contribution in [0.2, 0.25) is 5.02 Å². The summed E-state index contributed by atoms with van der Waals surface area (Å²) in [6.45, 7) is 2.10. The Balaban J connectivity index is 2.08. The van der Waals surface area contributed by atoms with Crippen molar-refractivity contribution in [3.8, 4) is 5.75 Å². The van der Waals surface area contributed by atoms with Crippen LogP contribution in [0.15, 0.2) is 30.7 Å². The van der Waals surface area contributed by atoms with Crippen LogP contribution in [-0.4, -0.2) is 14.7 Å². The van der Waals surface area contributed by atoms with Gasteiger partial charge in [0.25, 0.3) is 0 Å². The maximum atomic E-state index is 9.44. The van der Waals surface area contributed by atoms with Gasteiger partial charge in [0.1, 0.15) is 12.4 Å². The first kappa shape index (κ1) is 12.9. The first-order valence-corrected chi connectivity index (χ1v) is 6.01. The van der Waals surface area contributed by atoms with E-state index in [1.54, 1.807) is 37.6 Å². The number of aromatic nitrogens is 2. The van der Waals surface area contributed by atoms with Crippen molar-refractivity contribution < 1.29 is 9.84 Å². The third-order valence-electron chi connectivity index (χ3n) is 2.73. The van der Waals surface area contributed by atoms with Crippen LogP contribution in [0.5, 0.6) is 5.75 Å². The summed E-state index contributed by atoms with van der Waals surface area (Å²) in [5.74, 6) is 0.599.